The van der Waals surface area contributed by atoms with Crippen LogP contribution in [0.4, 0.5) is 23.0 Å². The maximum Gasteiger partial charge on any atom is 0.355 e. The van der Waals surface area contributed by atoms with Crippen LogP contribution in [0.1, 0.15) is 10.4 Å². The van der Waals surface area contributed by atoms with Crippen molar-refractivity contribution in [3.8, 4) is 0 Å². The minimum atomic E-state index is -0.629. The Morgan fingerprint density at radius 1 is 1.00 bits per heavy atom. The minimum absolute atomic E-state index is 0.0154. The van der Waals surface area contributed by atoms with Crippen LogP contribution >= 0.6 is 15.9 Å². The smallest absolute Gasteiger partial charge is 0.333 e. The van der Waals surface area contributed by atoms with Gasteiger partial charge in [-0.1, -0.05) is 30.3 Å². The number of anilines is 3. The molecule has 10 heteroatoms. The number of nitro groups is 1. The van der Waals surface area contributed by atoms with Crippen molar-refractivity contribution in [1.29, 1.82) is 0 Å². The number of amides is 1. The summed E-state index contributed by atoms with van der Waals surface area (Å²) >= 11 is 3.36. The number of benzene rings is 2. The van der Waals surface area contributed by atoms with Crippen LogP contribution in [0.25, 0.3) is 0 Å². The van der Waals surface area contributed by atoms with Crippen LogP contribution < -0.4 is 16.2 Å². The zero-order chi connectivity index (χ0) is 19.2. The molecule has 0 saturated carbocycles. The number of carbonyl (C=O) groups excluding carboxylic acids is 1. The molecule has 1 heterocycles. The van der Waals surface area contributed by atoms with Crippen LogP contribution in [0.5, 0.6) is 0 Å². The van der Waals surface area contributed by atoms with E-state index in [2.05, 4.69) is 42.1 Å². The SMILES string of the molecule is O=C(NNc1ncnc(Nc2ccccc2Br)c1[N+](=O)[O-])c1ccccc1. The highest BCUT2D eigenvalue weighted by Gasteiger charge is 2.24. The van der Waals surface area contributed by atoms with E-state index in [1.54, 1.807) is 48.5 Å². The fraction of sp³-hybridized carbons (Fsp3) is 0. The van der Waals surface area contributed by atoms with Gasteiger partial charge in [-0.15, -0.1) is 0 Å². The van der Waals surface area contributed by atoms with Gasteiger partial charge in [-0.3, -0.25) is 25.8 Å². The molecule has 0 radical (unpaired) electrons. The van der Waals surface area contributed by atoms with E-state index in [4.69, 9.17) is 0 Å². The highest BCUT2D eigenvalue weighted by atomic mass is 79.9. The van der Waals surface area contributed by atoms with Gasteiger partial charge in [0, 0.05) is 10.0 Å². The van der Waals surface area contributed by atoms with Gasteiger partial charge in [-0.05, 0) is 40.2 Å². The first-order chi connectivity index (χ1) is 13.1. The van der Waals surface area contributed by atoms with Gasteiger partial charge < -0.3 is 5.32 Å². The van der Waals surface area contributed by atoms with Crippen LogP contribution in [-0.4, -0.2) is 20.8 Å². The van der Waals surface area contributed by atoms with Gasteiger partial charge >= 0.3 is 5.69 Å². The molecule has 0 aliphatic heterocycles. The van der Waals surface area contributed by atoms with Gasteiger partial charge in [-0.2, -0.15) is 0 Å². The number of para-hydroxylation sites is 1. The third kappa shape index (κ3) is 4.36. The largest absolute Gasteiger partial charge is 0.355 e. The molecule has 0 fully saturated rings. The van der Waals surface area contributed by atoms with E-state index in [9.17, 15) is 14.9 Å². The van der Waals surface area contributed by atoms with Crippen molar-refractivity contribution in [2.75, 3.05) is 10.7 Å². The number of hydrogen-bond donors (Lipinski definition) is 3. The minimum Gasteiger partial charge on any atom is -0.333 e. The number of carbonyl (C=O) groups is 1. The quantitative estimate of drug-likeness (QED) is 0.404. The van der Waals surface area contributed by atoms with Crippen LogP contribution in [0.2, 0.25) is 0 Å². The Balaban J connectivity index is 1.84. The normalized spacial score (nSPS) is 10.1. The summed E-state index contributed by atoms with van der Waals surface area (Å²) in [5.74, 6) is -0.615. The number of rotatable bonds is 6. The molecule has 3 rings (SSSR count). The van der Waals surface area contributed by atoms with Gasteiger partial charge in [0.05, 0.1) is 10.6 Å². The molecule has 3 aromatic rings. The summed E-state index contributed by atoms with van der Waals surface area (Å²) in [6.45, 7) is 0. The summed E-state index contributed by atoms with van der Waals surface area (Å²) in [5, 5.41) is 14.4. The summed E-state index contributed by atoms with van der Waals surface area (Å²) in [7, 11) is 0. The third-order valence-electron chi connectivity index (χ3n) is 3.46. The summed E-state index contributed by atoms with van der Waals surface area (Å²) in [5.41, 5.74) is 5.47. The average molecular weight is 429 g/mol. The maximum atomic E-state index is 12.1. The number of hydrazine groups is 1. The number of halogens is 1. The van der Waals surface area contributed by atoms with Crippen molar-refractivity contribution < 1.29 is 9.72 Å². The standard InChI is InChI=1S/C17H13BrN6O3/c18-12-8-4-5-9-13(12)21-15-14(24(26)27)16(20-10-19-15)22-23-17(25)11-6-2-1-3-7-11/h1-10H,(H,23,25)(H2,19,20,21,22). The van der Waals surface area contributed by atoms with Gasteiger partial charge in [0.1, 0.15) is 6.33 Å². The molecular formula is C17H13BrN6O3. The lowest BCUT2D eigenvalue weighted by Crippen LogP contribution is -2.30. The van der Waals surface area contributed by atoms with E-state index in [0.29, 0.717) is 15.7 Å². The van der Waals surface area contributed by atoms with Gasteiger partial charge in [0.25, 0.3) is 5.91 Å². The fourth-order valence-electron chi connectivity index (χ4n) is 2.20. The second-order valence-corrected chi connectivity index (χ2v) is 6.08. The molecule has 0 aliphatic rings. The maximum absolute atomic E-state index is 12.1. The molecule has 1 amide bonds. The molecule has 0 spiro atoms. The summed E-state index contributed by atoms with van der Waals surface area (Å²) < 4.78 is 0.713. The highest BCUT2D eigenvalue weighted by molar-refractivity contribution is 9.10. The Morgan fingerprint density at radius 2 is 1.67 bits per heavy atom. The first-order valence-electron chi connectivity index (χ1n) is 7.68. The van der Waals surface area contributed by atoms with Crippen molar-refractivity contribution in [3.63, 3.8) is 0 Å². The zero-order valence-electron chi connectivity index (χ0n) is 13.7. The van der Waals surface area contributed by atoms with Gasteiger partial charge in [0.15, 0.2) is 0 Å². The van der Waals surface area contributed by atoms with E-state index in [0.717, 1.165) is 6.33 Å². The predicted molar refractivity (Wildman–Crippen MR) is 104 cm³/mol. The molecule has 2 aromatic carbocycles. The number of nitrogens with one attached hydrogen (secondary N) is 3. The molecule has 0 unspecified atom stereocenters. The van der Waals surface area contributed by atoms with Crippen molar-refractivity contribution in [1.82, 2.24) is 15.4 Å². The molecule has 0 aliphatic carbocycles. The van der Waals surface area contributed by atoms with E-state index in [1.807, 2.05) is 6.07 Å². The van der Waals surface area contributed by atoms with E-state index in [-0.39, 0.29) is 11.6 Å². The number of aromatic nitrogens is 2. The van der Waals surface area contributed by atoms with Crippen LogP contribution in [-0.2, 0) is 0 Å². The van der Waals surface area contributed by atoms with Crippen molar-refractivity contribution in [3.05, 3.63) is 81.1 Å². The summed E-state index contributed by atoms with van der Waals surface area (Å²) in [6, 6.07) is 15.5. The molecule has 0 atom stereocenters. The highest BCUT2D eigenvalue weighted by Crippen LogP contribution is 2.32. The van der Waals surface area contributed by atoms with E-state index < -0.39 is 16.5 Å². The first kappa shape index (κ1) is 18.3. The Hall–Kier alpha value is -3.53. The molecule has 1 aromatic heterocycles. The lowest BCUT2D eigenvalue weighted by atomic mass is 10.2. The van der Waals surface area contributed by atoms with Gasteiger partial charge in [0.2, 0.25) is 11.6 Å². The zero-order valence-corrected chi connectivity index (χ0v) is 15.3. The molecular weight excluding hydrogens is 416 g/mol. The van der Waals surface area contributed by atoms with Crippen molar-refractivity contribution in [2.45, 2.75) is 0 Å². The second kappa shape index (κ2) is 8.23. The van der Waals surface area contributed by atoms with Crippen molar-refractivity contribution >= 4 is 44.8 Å². The first-order valence-corrected chi connectivity index (χ1v) is 8.48. The Kier molecular flexibility index (Phi) is 5.57. The number of hydrogen-bond acceptors (Lipinski definition) is 7. The predicted octanol–water partition coefficient (Wildman–Crippen LogP) is 3.65. The molecule has 0 bridgehead atoms. The van der Waals surface area contributed by atoms with E-state index in [1.165, 1.54) is 0 Å². The Bertz CT molecular complexity index is 983. The second-order valence-electron chi connectivity index (χ2n) is 5.23. The molecule has 136 valence electrons. The monoisotopic (exact) mass is 428 g/mol. The van der Waals surface area contributed by atoms with Gasteiger partial charge in [-0.25, -0.2) is 9.97 Å². The lowest BCUT2D eigenvalue weighted by Gasteiger charge is -2.11. The third-order valence-corrected chi connectivity index (χ3v) is 4.15. The molecule has 27 heavy (non-hydrogen) atoms. The summed E-state index contributed by atoms with van der Waals surface area (Å²) in [6.07, 6.45) is 1.16. The fourth-order valence-corrected chi connectivity index (χ4v) is 2.59. The lowest BCUT2D eigenvalue weighted by molar-refractivity contribution is -0.383. The molecule has 0 saturated heterocycles. The van der Waals surface area contributed by atoms with Crippen molar-refractivity contribution in [2.24, 2.45) is 0 Å². The summed E-state index contributed by atoms with van der Waals surface area (Å²) in [4.78, 5) is 30.8. The van der Waals surface area contributed by atoms with Crippen LogP contribution in [0.3, 0.4) is 0 Å². The molecule has 3 N–H and O–H groups in total. The van der Waals surface area contributed by atoms with E-state index >= 15 is 0 Å². The topological polar surface area (TPSA) is 122 Å². The molecule has 9 nitrogen and oxygen atoms in total. The average Bonchev–Trinajstić information content (AvgIpc) is 2.68. The Morgan fingerprint density at radius 3 is 2.37 bits per heavy atom. The Labute approximate surface area is 162 Å². The van der Waals surface area contributed by atoms with Crippen LogP contribution in [0, 0.1) is 10.1 Å². The number of nitrogens with zero attached hydrogens (tertiary/aromatic N) is 3. The van der Waals surface area contributed by atoms with Crippen LogP contribution in [0.15, 0.2) is 65.4 Å².